The molecule has 43 heavy (non-hydrogen) atoms. The number of thioether (sulfide) groups is 1. The van der Waals surface area contributed by atoms with Gasteiger partial charge < -0.3 is 20.3 Å². The molecule has 1 amide bonds. The van der Waals surface area contributed by atoms with Crippen LogP contribution >= 0.6 is 23.4 Å². The Labute approximate surface area is 254 Å². The lowest BCUT2D eigenvalue weighted by atomic mass is 9.93. The summed E-state index contributed by atoms with van der Waals surface area (Å²) in [6.07, 6.45) is -4.23. The van der Waals surface area contributed by atoms with E-state index in [0.29, 0.717) is 42.3 Å². The number of hydrogen-bond acceptors (Lipinski definition) is 8. The molecular formula is C28H28ClF4N7O2S. The van der Waals surface area contributed by atoms with E-state index in [1.165, 1.54) is 18.9 Å². The second kappa shape index (κ2) is 11.8. The van der Waals surface area contributed by atoms with Gasteiger partial charge in [-0.05, 0) is 19.4 Å². The number of anilines is 2. The van der Waals surface area contributed by atoms with E-state index in [1.54, 1.807) is 18.8 Å². The number of hydrogen-bond donors (Lipinski definition) is 1. The second-order valence-corrected chi connectivity index (χ2v) is 11.8. The van der Waals surface area contributed by atoms with Gasteiger partial charge in [-0.15, -0.1) is 17.7 Å². The Balaban J connectivity index is 1.56. The molecule has 4 heterocycles. The van der Waals surface area contributed by atoms with Gasteiger partial charge in [0.2, 0.25) is 0 Å². The Hall–Kier alpha value is -3.70. The van der Waals surface area contributed by atoms with Crippen molar-refractivity contribution >= 4 is 40.8 Å². The first-order valence-electron chi connectivity index (χ1n) is 13.2. The number of alkyl halides is 3. The Bertz CT molecular complexity index is 1670. The van der Waals surface area contributed by atoms with Gasteiger partial charge in [0.05, 0.1) is 41.3 Å². The highest BCUT2D eigenvalue weighted by Crippen LogP contribution is 2.49. The maximum Gasteiger partial charge on any atom is 0.418 e. The predicted octanol–water partition coefficient (Wildman–Crippen LogP) is 5.09. The van der Waals surface area contributed by atoms with Crippen LogP contribution < -0.4 is 15.4 Å². The number of amides is 1. The molecule has 15 heteroatoms. The number of ether oxygens (including phenoxy) is 1. The van der Waals surface area contributed by atoms with Gasteiger partial charge in [-0.3, -0.25) is 9.48 Å². The van der Waals surface area contributed by atoms with Gasteiger partial charge in [-0.1, -0.05) is 17.5 Å². The minimum atomic E-state index is -4.86. The van der Waals surface area contributed by atoms with Crippen LogP contribution in [-0.2, 0) is 31.4 Å². The molecule has 3 aromatic rings. The van der Waals surface area contributed by atoms with Crippen LogP contribution in [-0.4, -0.2) is 58.3 Å². The van der Waals surface area contributed by atoms with E-state index in [2.05, 4.69) is 26.9 Å². The normalized spacial score (nSPS) is 16.5. The van der Waals surface area contributed by atoms with Crippen LogP contribution in [0.3, 0.4) is 0 Å². The molecule has 9 nitrogen and oxygen atoms in total. The van der Waals surface area contributed by atoms with Gasteiger partial charge in [-0.25, -0.2) is 4.39 Å². The van der Waals surface area contributed by atoms with Crippen LogP contribution in [0.25, 0.3) is 0 Å². The van der Waals surface area contributed by atoms with Crippen molar-refractivity contribution < 1.29 is 27.1 Å². The third kappa shape index (κ3) is 5.68. The topological polar surface area (TPSA) is 102 Å². The number of carbonyl (C=O) groups is 1. The zero-order valence-corrected chi connectivity index (χ0v) is 25.3. The van der Waals surface area contributed by atoms with E-state index in [1.807, 2.05) is 4.90 Å². The lowest BCUT2D eigenvalue weighted by Gasteiger charge is -2.31. The fourth-order valence-corrected chi connectivity index (χ4v) is 6.93. The molecular weight excluding hydrogens is 610 g/mol. The zero-order valence-electron chi connectivity index (χ0n) is 23.8. The van der Waals surface area contributed by atoms with Crippen molar-refractivity contribution in [1.29, 1.82) is 0 Å². The summed E-state index contributed by atoms with van der Waals surface area (Å²) in [7, 11) is 4.62. The summed E-state index contributed by atoms with van der Waals surface area (Å²) < 4.78 is 65.5. The third-order valence-electron chi connectivity index (χ3n) is 7.27. The fraction of sp³-hybridized carbons (Fsp3) is 0.429. The van der Waals surface area contributed by atoms with Crippen LogP contribution in [0.1, 0.15) is 62.7 Å². The van der Waals surface area contributed by atoms with Crippen molar-refractivity contribution in [2.24, 2.45) is 0 Å². The highest BCUT2D eigenvalue weighted by molar-refractivity contribution is 7.98. The van der Waals surface area contributed by atoms with E-state index in [4.69, 9.17) is 22.1 Å². The Morgan fingerprint density at radius 3 is 2.67 bits per heavy atom. The summed E-state index contributed by atoms with van der Waals surface area (Å²) >= 11 is 7.79. The van der Waals surface area contributed by atoms with Crippen LogP contribution in [0.15, 0.2) is 6.07 Å². The number of halogens is 5. The standard InChI is InChI=1S/C28H28ClF4N7O2S/c1-5-7-14-10-16(34)23(30)20(21(14)28(31,32)33)19-11-17-15(13-43-19)25(36-27(35-17)42-4)39-8-6-9-40-18(12-39)22(29)24(37-40)26(41)38(2)3/h10,19H,6,8-9,11-13,34H2,1-4H3. The van der Waals surface area contributed by atoms with Gasteiger partial charge in [0.1, 0.15) is 5.82 Å². The summed E-state index contributed by atoms with van der Waals surface area (Å²) in [5, 5.41) is 3.75. The molecule has 2 N–H and O–H groups in total. The Kier molecular flexibility index (Phi) is 8.41. The highest BCUT2D eigenvalue weighted by Gasteiger charge is 2.42. The van der Waals surface area contributed by atoms with Crippen molar-refractivity contribution in [3.63, 3.8) is 0 Å². The molecule has 2 aliphatic heterocycles. The summed E-state index contributed by atoms with van der Waals surface area (Å²) in [4.78, 5) is 25.1. The number of rotatable bonds is 4. The number of aryl methyl sites for hydroxylation is 1. The van der Waals surface area contributed by atoms with E-state index in [0.717, 1.165) is 17.8 Å². The first-order chi connectivity index (χ1) is 20.3. The van der Waals surface area contributed by atoms with E-state index in [-0.39, 0.29) is 46.9 Å². The minimum absolute atomic E-state index is 0.0216. The molecule has 0 bridgehead atoms. The SMILES string of the molecule is CC#Cc1cc(N)c(F)c(C2Cc3nc(OC)nc(N4CCCn5nc(C(=O)N(C)C)c(Cl)c5C4)c3CS2)c1C(F)(F)F. The van der Waals surface area contributed by atoms with Crippen molar-refractivity contribution in [3.8, 4) is 17.9 Å². The van der Waals surface area contributed by atoms with Gasteiger partial charge in [0.25, 0.3) is 5.91 Å². The molecule has 2 aromatic heterocycles. The summed E-state index contributed by atoms with van der Waals surface area (Å²) in [6.45, 7) is 2.75. The van der Waals surface area contributed by atoms with Gasteiger partial charge in [0, 0.05) is 61.3 Å². The van der Waals surface area contributed by atoms with Crippen LogP contribution in [0.2, 0.25) is 5.02 Å². The number of benzene rings is 1. The summed E-state index contributed by atoms with van der Waals surface area (Å²) in [6, 6.07) is 0.948. The number of carbonyl (C=O) groups excluding carboxylic acids is 1. The molecule has 5 rings (SSSR count). The predicted molar refractivity (Wildman–Crippen MR) is 156 cm³/mol. The molecule has 2 aliphatic rings. The number of aromatic nitrogens is 4. The number of fused-ring (bicyclic) bond motifs is 2. The average Bonchev–Trinajstić information content (AvgIpc) is 3.12. The molecule has 228 valence electrons. The first-order valence-corrected chi connectivity index (χ1v) is 14.7. The van der Waals surface area contributed by atoms with Gasteiger partial charge in [-0.2, -0.15) is 28.2 Å². The van der Waals surface area contributed by atoms with Crippen LogP contribution in [0.4, 0.5) is 29.1 Å². The first kappa shape index (κ1) is 30.7. The molecule has 1 unspecified atom stereocenters. The molecule has 0 radical (unpaired) electrons. The number of methoxy groups -OCH3 is 1. The number of nitrogens with two attached hydrogens (primary N) is 1. The molecule has 1 aromatic carbocycles. The highest BCUT2D eigenvalue weighted by atomic mass is 35.5. The van der Waals surface area contributed by atoms with Crippen molar-refractivity contribution in [3.05, 3.63) is 56.2 Å². The Morgan fingerprint density at radius 1 is 1.28 bits per heavy atom. The smallest absolute Gasteiger partial charge is 0.418 e. The monoisotopic (exact) mass is 637 g/mol. The molecule has 0 saturated carbocycles. The van der Waals surface area contributed by atoms with Crippen molar-refractivity contribution in [1.82, 2.24) is 24.6 Å². The molecule has 0 aliphatic carbocycles. The van der Waals surface area contributed by atoms with Crippen LogP contribution in [0.5, 0.6) is 6.01 Å². The number of nitrogen functional groups attached to an aromatic ring is 1. The summed E-state index contributed by atoms with van der Waals surface area (Å²) in [5.74, 6) is 4.19. The second-order valence-electron chi connectivity index (χ2n) is 10.3. The quantitative estimate of drug-likeness (QED) is 0.240. The Morgan fingerprint density at radius 2 is 2.02 bits per heavy atom. The zero-order chi connectivity index (χ0) is 31.2. The van der Waals surface area contributed by atoms with E-state index >= 15 is 4.39 Å². The lowest BCUT2D eigenvalue weighted by molar-refractivity contribution is -0.138. The number of nitrogens with zero attached hydrogens (tertiary/aromatic N) is 6. The largest absolute Gasteiger partial charge is 0.467 e. The molecule has 0 saturated heterocycles. The van der Waals surface area contributed by atoms with Crippen molar-refractivity contribution in [2.45, 2.75) is 50.0 Å². The van der Waals surface area contributed by atoms with Crippen LogP contribution in [0, 0.1) is 17.7 Å². The fourth-order valence-electron chi connectivity index (χ4n) is 5.32. The molecule has 0 fully saturated rings. The summed E-state index contributed by atoms with van der Waals surface area (Å²) in [5.41, 5.74) is 5.30. The van der Waals surface area contributed by atoms with E-state index < -0.39 is 34.1 Å². The van der Waals surface area contributed by atoms with Crippen molar-refractivity contribution in [2.75, 3.05) is 38.4 Å². The minimum Gasteiger partial charge on any atom is -0.467 e. The lowest BCUT2D eigenvalue weighted by Crippen LogP contribution is -2.28. The van der Waals surface area contributed by atoms with Gasteiger partial charge >= 0.3 is 12.2 Å². The maximum atomic E-state index is 15.4. The molecule has 0 spiro atoms. The molecule has 1 atom stereocenters. The average molecular weight is 638 g/mol. The maximum absolute atomic E-state index is 15.4. The van der Waals surface area contributed by atoms with Gasteiger partial charge in [0.15, 0.2) is 11.5 Å². The van der Waals surface area contributed by atoms with E-state index in [9.17, 15) is 18.0 Å². The third-order valence-corrected chi connectivity index (χ3v) is 8.93.